The van der Waals surface area contributed by atoms with Crippen molar-refractivity contribution in [2.75, 3.05) is 0 Å². The van der Waals surface area contributed by atoms with Crippen LogP contribution in [-0.4, -0.2) is 11.3 Å². The van der Waals surface area contributed by atoms with Crippen molar-refractivity contribution >= 4 is 6.21 Å². The van der Waals surface area contributed by atoms with Crippen LogP contribution in [0.2, 0.25) is 0 Å². The summed E-state index contributed by atoms with van der Waals surface area (Å²) in [4.78, 5) is 4.75. The normalized spacial score (nSPS) is 14.9. The Balaban J connectivity index is 1.67. The summed E-state index contributed by atoms with van der Waals surface area (Å²) in [6, 6.07) is 23.5. The molecule has 0 aliphatic heterocycles. The van der Waals surface area contributed by atoms with Crippen molar-refractivity contribution in [3.8, 4) is 5.75 Å². The summed E-state index contributed by atoms with van der Waals surface area (Å²) in [5, 5.41) is 10.9. The molecule has 136 valence electrons. The van der Waals surface area contributed by atoms with Gasteiger partial charge in [-0.3, -0.25) is 4.99 Å². The van der Waals surface area contributed by atoms with E-state index >= 15 is 0 Å². The highest BCUT2D eigenvalue weighted by molar-refractivity contribution is 5.86. The van der Waals surface area contributed by atoms with Crippen molar-refractivity contribution in [2.24, 2.45) is 4.99 Å². The van der Waals surface area contributed by atoms with Crippen molar-refractivity contribution in [1.29, 1.82) is 0 Å². The lowest BCUT2D eigenvalue weighted by molar-refractivity contribution is 0.466. The van der Waals surface area contributed by atoms with Crippen LogP contribution in [0.3, 0.4) is 0 Å². The molecule has 0 saturated heterocycles. The number of phenolic OH excluding ortho intramolecular Hbond substituents is 1. The highest BCUT2D eigenvalue weighted by atomic mass is 16.3. The van der Waals surface area contributed by atoms with Gasteiger partial charge in [0.2, 0.25) is 0 Å². The molecule has 0 amide bonds. The topological polar surface area (TPSA) is 32.6 Å². The van der Waals surface area contributed by atoms with Crippen LogP contribution in [0.5, 0.6) is 5.75 Å². The number of aromatic hydroxyl groups is 1. The molecule has 4 bridgehead atoms. The van der Waals surface area contributed by atoms with Gasteiger partial charge < -0.3 is 5.11 Å². The van der Waals surface area contributed by atoms with E-state index in [2.05, 4.69) is 55.5 Å². The third kappa shape index (κ3) is 3.95. The second-order valence-electron chi connectivity index (χ2n) is 7.33. The Morgan fingerprint density at radius 2 is 1.37 bits per heavy atom. The second kappa shape index (κ2) is 7.79. The minimum absolute atomic E-state index is 0.0628. The Hall–Kier alpha value is -2.87. The minimum Gasteiger partial charge on any atom is -0.507 e. The van der Waals surface area contributed by atoms with Gasteiger partial charge in [0.1, 0.15) is 5.75 Å². The zero-order valence-electron chi connectivity index (χ0n) is 15.7. The van der Waals surface area contributed by atoms with Gasteiger partial charge in [0.25, 0.3) is 0 Å². The van der Waals surface area contributed by atoms with Gasteiger partial charge in [-0.05, 0) is 60.4 Å². The van der Waals surface area contributed by atoms with E-state index in [0.717, 1.165) is 42.4 Å². The Kier molecular flexibility index (Phi) is 5.06. The fourth-order valence-electron chi connectivity index (χ4n) is 3.69. The first kappa shape index (κ1) is 17.5. The maximum atomic E-state index is 10.9. The van der Waals surface area contributed by atoms with Gasteiger partial charge >= 0.3 is 0 Å². The number of aliphatic imine (C=N–C) groups is 1. The lowest BCUT2D eigenvalue weighted by Gasteiger charge is -2.15. The van der Waals surface area contributed by atoms with Gasteiger partial charge in [-0.25, -0.2) is 0 Å². The number of benzene rings is 3. The van der Waals surface area contributed by atoms with Crippen molar-refractivity contribution in [2.45, 2.75) is 38.6 Å². The molecule has 3 aromatic rings. The molecular weight excluding hydrogens is 330 g/mol. The smallest absolute Gasteiger partial charge is 0.127 e. The number of hydrogen-bond acceptors (Lipinski definition) is 2. The van der Waals surface area contributed by atoms with Crippen LogP contribution < -0.4 is 0 Å². The van der Waals surface area contributed by atoms with Gasteiger partial charge in [0.15, 0.2) is 0 Å². The average Bonchev–Trinajstić information content (AvgIpc) is 2.70. The van der Waals surface area contributed by atoms with Crippen LogP contribution in [0, 0.1) is 0 Å². The van der Waals surface area contributed by atoms with Crippen LogP contribution >= 0.6 is 0 Å². The Morgan fingerprint density at radius 1 is 0.778 bits per heavy atom. The molecule has 0 radical (unpaired) electrons. The van der Waals surface area contributed by atoms with Crippen molar-refractivity contribution < 1.29 is 5.11 Å². The Labute approximate surface area is 161 Å². The third-order valence-corrected chi connectivity index (χ3v) is 5.49. The predicted octanol–water partition coefficient (Wildman–Crippen LogP) is 5.46. The highest BCUT2D eigenvalue weighted by Gasteiger charge is 2.13. The summed E-state index contributed by atoms with van der Waals surface area (Å²) in [7, 11) is 0. The number of nitrogens with zero attached hydrogens (tertiary/aromatic N) is 1. The molecule has 2 heteroatoms. The summed E-state index contributed by atoms with van der Waals surface area (Å²) in [5.74, 6) is 0.395. The molecule has 27 heavy (non-hydrogen) atoms. The summed E-state index contributed by atoms with van der Waals surface area (Å²) >= 11 is 0. The fraction of sp³-hybridized carbons (Fsp3) is 0.240. The van der Waals surface area contributed by atoms with E-state index in [-0.39, 0.29) is 6.04 Å². The SMILES string of the molecule is C[C@@H](N=Cc1c2ccc(c1O)CCc1ccc(cc1)CC2)c1ccccc1. The van der Waals surface area contributed by atoms with E-state index in [9.17, 15) is 5.11 Å². The van der Waals surface area contributed by atoms with E-state index in [4.69, 9.17) is 4.99 Å². The lowest BCUT2D eigenvalue weighted by Crippen LogP contribution is -2.03. The summed E-state index contributed by atoms with van der Waals surface area (Å²) in [6.07, 6.45) is 5.51. The van der Waals surface area contributed by atoms with E-state index in [1.165, 1.54) is 16.7 Å². The molecule has 1 N–H and O–H groups in total. The van der Waals surface area contributed by atoms with Crippen molar-refractivity contribution in [1.82, 2.24) is 0 Å². The van der Waals surface area contributed by atoms with Gasteiger partial charge in [-0.1, -0.05) is 66.7 Å². The van der Waals surface area contributed by atoms with Gasteiger partial charge in [-0.2, -0.15) is 0 Å². The molecule has 2 nitrogen and oxygen atoms in total. The summed E-state index contributed by atoms with van der Waals surface area (Å²) in [6.45, 7) is 2.09. The monoisotopic (exact) mass is 355 g/mol. The van der Waals surface area contributed by atoms with Gasteiger partial charge in [-0.15, -0.1) is 0 Å². The van der Waals surface area contributed by atoms with Crippen molar-refractivity contribution in [3.05, 3.63) is 100 Å². The molecule has 0 unspecified atom stereocenters. The van der Waals surface area contributed by atoms with Crippen LogP contribution in [0.1, 0.15) is 46.3 Å². The number of phenols is 1. The molecule has 0 heterocycles. The molecule has 7 rings (SSSR count). The number of aryl methyl sites for hydroxylation is 4. The number of hydrogen-bond donors (Lipinski definition) is 1. The van der Waals surface area contributed by atoms with Crippen LogP contribution in [0.25, 0.3) is 0 Å². The van der Waals surface area contributed by atoms with E-state index < -0.39 is 0 Å². The molecule has 4 aliphatic carbocycles. The van der Waals surface area contributed by atoms with Crippen molar-refractivity contribution in [3.63, 3.8) is 0 Å². The summed E-state index contributed by atoms with van der Waals surface area (Å²) < 4.78 is 0. The lowest BCUT2D eigenvalue weighted by atomic mass is 9.92. The van der Waals surface area contributed by atoms with Gasteiger partial charge in [0, 0.05) is 11.8 Å². The first-order valence-electron chi connectivity index (χ1n) is 9.70. The largest absolute Gasteiger partial charge is 0.507 e. The molecule has 0 spiro atoms. The number of rotatable bonds is 3. The fourth-order valence-corrected chi connectivity index (χ4v) is 3.69. The predicted molar refractivity (Wildman–Crippen MR) is 112 cm³/mol. The standard InChI is InChI=1S/C25H25NO/c1-18(21-5-3-2-4-6-21)26-17-24-22-13-11-19-7-9-20(10-8-19)12-14-23(16-15-22)25(24)27/h2-10,15-18,27H,11-14H2,1H3/t18-/m1/s1. The Morgan fingerprint density at radius 3 is 2.04 bits per heavy atom. The first-order valence-corrected chi connectivity index (χ1v) is 9.70. The maximum absolute atomic E-state index is 10.9. The van der Waals surface area contributed by atoms with Gasteiger partial charge in [0.05, 0.1) is 6.04 Å². The second-order valence-corrected chi connectivity index (χ2v) is 7.33. The van der Waals surface area contributed by atoms with E-state index in [1.807, 2.05) is 24.4 Å². The van der Waals surface area contributed by atoms with Crippen LogP contribution in [0.15, 0.2) is 71.7 Å². The quantitative estimate of drug-likeness (QED) is 0.622. The molecule has 1 atom stereocenters. The molecule has 4 aliphatic rings. The van der Waals surface area contributed by atoms with E-state index in [1.54, 1.807) is 0 Å². The minimum atomic E-state index is 0.0628. The zero-order valence-corrected chi connectivity index (χ0v) is 15.7. The molecular formula is C25H25NO. The van der Waals surface area contributed by atoms with Crippen LogP contribution in [0.4, 0.5) is 0 Å². The average molecular weight is 355 g/mol. The molecule has 0 aromatic heterocycles. The third-order valence-electron chi connectivity index (χ3n) is 5.49. The summed E-state index contributed by atoms with van der Waals surface area (Å²) in [5.41, 5.74) is 6.87. The molecule has 3 aromatic carbocycles. The molecule has 0 fully saturated rings. The van der Waals surface area contributed by atoms with E-state index in [0.29, 0.717) is 5.75 Å². The highest BCUT2D eigenvalue weighted by Crippen LogP contribution is 2.29. The Bertz CT molecular complexity index is 942. The molecule has 0 saturated carbocycles. The van der Waals surface area contributed by atoms with Crippen LogP contribution in [-0.2, 0) is 25.7 Å². The zero-order chi connectivity index (χ0) is 18.6. The first-order chi connectivity index (χ1) is 13.2. The maximum Gasteiger partial charge on any atom is 0.127 e.